The van der Waals surface area contributed by atoms with Crippen molar-refractivity contribution < 1.29 is 23.5 Å². The maximum atomic E-state index is 13.0. The zero-order chi connectivity index (χ0) is 21.7. The van der Waals surface area contributed by atoms with Crippen LogP contribution in [-0.2, 0) is 9.59 Å². The molecule has 6 nitrogen and oxygen atoms in total. The molecule has 8 heteroatoms. The minimum Gasteiger partial charge on any atom is -0.483 e. The monoisotopic (exact) mass is 428 g/mol. The highest BCUT2D eigenvalue weighted by atomic mass is 32.2. The van der Waals surface area contributed by atoms with Crippen LogP contribution in [0.3, 0.4) is 0 Å². The van der Waals surface area contributed by atoms with Crippen molar-refractivity contribution in [3.05, 3.63) is 64.8 Å². The van der Waals surface area contributed by atoms with Crippen LogP contribution in [0.2, 0.25) is 0 Å². The Balaban J connectivity index is 1.69. The van der Waals surface area contributed by atoms with E-state index < -0.39 is 11.7 Å². The van der Waals surface area contributed by atoms with Gasteiger partial charge in [0.05, 0.1) is 4.91 Å². The summed E-state index contributed by atoms with van der Waals surface area (Å²) in [6.45, 7) is 3.48. The third-order valence-corrected chi connectivity index (χ3v) is 5.43. The van der Waals surface area contributed by atoms with E-state index in [1.807, 2.05) is 13.8 Å². The average Bonchev–Trinajstić information content (AvgIpc) is 3.01. The molecule has 1 unspecified atom stereocenters. The first-order valence-electron chi connectivity index (χ1n) is 9.43. The number of benzene rings is 2. The Morgan fingerprint density at radius 3 is 2.60 bits per heavy atom. The molecule has 1 heterocycles. The Kier molecular flexibility index (Phi) is 6.89. The maximum Gasteiger partial charge on any atom is 0.293 e. The molecule has 0 spiro atoms. The van der Waals surface area contributed by atoms with E-state index in [9.17, 15) is 18.8 Å². The van der Waals surface area contributed by atoms with Gasteiger partial charge in [0.25, 0.3) is 17.1 Å². The van der Waals surface area contributed by atoms with Crippen molar-refractivity contribution in [3.8, 4) is 5.75 Å². The molecule has 1 aliphatic heterocycles. The quantitative estimate of drug-likeness (QED) is 0.648. The zero-order valence-electron chi connectivity index (χ0n) is 16.6. The zero-order valence-corrected chi connectivity index (χ0v) is 17.4. The van der Waals surface area contributed by atoms with Gasteiger partial charge in [0, 0.05) is 17.3 Å². The Bertz CT molecular complexity index is 991. The molecule has 30 heavy (non-hydrogen) atoms. The van der Waals surface area contributed by atoms with Crippen molar-refractivity contribution in [2.75, 3.05) is 11.9 Å². The van der Waals surface area contributed by atoms with Gasteiger partial charge >= 0.3 is 0 Å². The van der Waals surface area contributed by atoms with Gasteiger partial charge in [-0.05, 0) is 61.5 Å². The lowest BCUT2D eigenvalue weighted by Crippen LogP contribution is -2.36. The molecule has 156 valence electrons. The van der Waals surface area contributed by atoms with E-state index in [-0.39, 0.29) is 23.8 Å². The highest BCUT2D eigenvalue weighted by Gasteiger charge is 2.37. The lowest BCUT2D eigenvalue weighted by Gasteiger charge is -2.19. The Hall–Kier alpha value is -3.13. The van der Waals surface area contributed by atoms with Crippen LogP contribution >= 0.6 is 11.8 Å². The number of nitrogens with one attached hydrogen (secondary N) is 1. The Morgan fingerprint density at radius 1 is 1.20 bits per heavy atom. The predicted octanol–water partition coefficient (Wildman–Crippen LogP) is 4.68. The van der Waals surface area contributed by atoms with Gasteiger partial charge in [-0.25, -0.2) is 4.39 Å². The summed E-state index contributed by atoms with van der Waals surface area (Å²) in [5.74, 6) is -0.727. The summed E-state index contributed by atoms with van der Waals surface area (Å²) >= 11 is 0.889. The van der Waals surface area contributed by atoms with Crippen LogP contribution in [0, 0.1) is 5.82 Å². The maximum absolute atomic E-state index is 13.0. The third-order valence-electron chi connectivity index (χ3n) is 4.55. The van der Waals surface area contributed by atoms with Gasteiger partial charge in [0.15, 0.2) is 6.61 Å². The molecule has 0 aromatic heterocycles. The molecule has 3 amide bonds. The van der Waals surface area contributed by atoms with Crippen molar-refractivity contribution in [1.29, 1.82) is 0 Å². The highest BCUT2D eigenvalue weighted by molar-refractivity contribution is 8.18. The van der Waals surface area contributed by atoms with Crippen LogP contribution in [0.25, 0.3) is 6.08 Å². The van der Waals surface area contributed by atoms with E-state index in [0.29, 0.717) is 28.3 Å². The number of halogens is 1. The van der Waals surface area contributed by atoms with Gasteiger partial charge in [0.2, 0.25) is 0 Å². The van der Waals surface area contributed by atoms with Crippen LogP contribution in [0.4, 0.5) is 14.9 Å². The van der Waals surface area contributed by atoms with Gasteiger partial charge < -0.3 is 10.1 Å². The number of hydrogen-bond acceptors (Lipinski definition) is 5. The summed E-state index contributed by atoms with van der Waals surface area (Å²) in [7, 11) is 0. The predicted molar refractivity (Wildman–Crippen MR) is 115 cm³/mol. The fourth-order valence-corrected chi connectivity index (χ4v) is 3.71. The molecule has 3 rings (SSSR count). The largest absolute Gasteiger partial charge is 0.483 e. The van der Waals surface area contributed by atoms with E-state index in [2.05, 4.69) is 5.32 Å². The lowest BCUT2D eigenvalue weighted by atomic mass is 10.1. The lowest BCUT2D eigenvalue weighted by molar-refractivity contribution is -0.124. The van der Waals surface area contributed by atoms with E-state index in [4.69, 9.17) is 4.74 Å². The minimum atomic E-state index is -0.409. The van der Waals surface area contributed by atoms with Crippen LogP contribution in [0.1, 0.15) is 25.8 Å². The minimum absolute atomic E-state index is 0.176. The molecule has 0 bridgehead atoms. The molecule has 1 atom stereocenters. The number of imide groups is 1. The molecule has 2 aromatic rings. The fraction of sp³-hybridized carbons (Fsp3) is 0.227. The van der Waals surface area contributed by atoms with Gasteiger partial charge in [-0.2, -0.15) is 0 Å². The second kappa shape index (κ2) is 9.58. The Labute approximate surface area is 178 Å². The van der Waals surface area contributed by atoms with E-state index in [0.717, 1.165) is 11.8 Å². The first-order chi connectivity index (χ1) is 14.4. The second-order valence-electron chi connectivity index (χ2n) is 6.69. The van der Waals surface area contributed by atoms with E-state index in [1.54, 1.807) is 30.3 Å². The number of rotatable bonds is 7. The molecule has 1 N–H and O–H groups in total. The first-order valence-corrected chi connectivity index (χ1v) is 10.2. The summed E-state index contributed by atoms with van der Waals surface area (Å²) in [5.41, 5.74) is 1.04. The summed E-state index contributed by atoms with van der Waals surface area (Å²) in [6, 6.07) is 12.2. The molecule has 1 saturated heterocycles. The molecular weight excluding hydrogens is 407 g/mol. The van der Waals surface area contributed by atoms with Crippen LogP contribution < -0.4 is 10.1 Å². The number of hydrogen-bond donors (Lipinski definition) is 1. The summed E-state index contributed by atoms with van der Waals surface area (Å²) in [5, 5.41) is 2.32. The van der Waals surface area contributed by atoms with Crippen molar-refractivity contribution in [3.63, 3.8) is 0 Å². The van der Waals surface area contributed by atoms with Crippen molar-refractivity contribution in [2.45, 2.75) is 26.3 Å². The van der Waals surface area contributed by atoms with Crippen LogP contribution in [-0.4, -0.2) is 34.6 Å². The molecule has 1 fully saturated rings. The number of para-hydroxylation sites is 1. The standard InChI is InChI=1S/C22H21FN2O4S/c1-3-14(2)25-21(27)19(30-22(25)28)12-15-6-4-5-7-18(15)29-13-20(26)24-17-10-8-16(23)9-11-17/h4-12,14H,3,13H2,1-2H3,(H,24,26)/b19-12+. The Morgan fingerprint density at radius 2 is 1.90 bits per heavy atom. The second-order valence-corrected chi connectivity index (χ2v) is 7.68. The summed E-state index contributed by atoms with van der Waals surface area (Å²) < 4.78 is 18.6. The van der Waals surface area contributed by atoms with Crippen LogP contribution in [0.15, 0.2) is 53.4 Å². The normalized spacial score (nSPS) is 16.1. The SMILES string of the molecule is CCC(C)N1C(=O)S/C(=C/c2ccccc2OCC(=O)Nc2ccc(F)cc2)C1=O. The van der Waals surface area contributed by atoms with Gasteiger partial charge in [0.1, 0.15) is 11.6 Å². The van der Waals surface area contributed by atoms with Gasteiger partial charge in [-0.1, -0.05) is 25.1 Å². The highest BCUT2D eigenvalue weighted by Crippen LogP contribution is 2.35. The van der Waals surface area contributed by atoms with Crippen molar-refractivity contribution in [2.24, 2.45) is 0 Å². The first kappa shape index (κ1) is 21.6. The topological polar surface area (TPSA) is 75.7 Å². The molecule has 0 aliphatic carbocycles. The van der Waals surface area contributed by atoms with E-state index >= 15 is 0 Å². The molecule has 2 aromatic carbocycles. The summed E-state index contributed by atoms with van der Waals surface area (Å²) in [4.78, 5) is 38.5. The summed E-state index contributed by atoms with van der Waals surface area (Å²) in [6.07, 6.45) is 2.27. The number of carbonyl (C=O) groups excluding carboxylic acids is 3. The van der Waals surface area contributed by atoms with E-state index in [1.165, 1.54) is 29.2 Å². The van der Waals surface area contributed by atoms with Crippen LogP contribution in [0.5, 0.6) is 5.75 Å². The van der Waals surface area contributed by atoms with Crippen molar-refractivity contribution >= 4 is 40.6 Å². The number of ether oxygens (including phenoxy) is 1. The molecular formula is C22H21FN2O4S. The van der Waals surface area contributed by atoms with Crippen molar-refractivity contribution in [1.82, 2.24) is 4.90 Å². The van der Waals surface area contributed by atoms with Gasteiger partial charge in [-0.15, -0.1) is 0 Å². The number of anilines is 1. The molecule has 1 aliphatic rings. The smallest absolute Gasteiger partial charge is 0.293 e. The van der Waals surface area contributed by atoms with Gasteiger partial charge in [-0.3, -0.25) is 19.3 Å². The fourth-order valence-electron chi connectivity index (χ4n) is 2.79. The molecule has 0 saturated carbocycles. The number of amides is 3. The number of thioether (sulfide) groups is 1. The average molecular weight is 428 g/mol. The number of nitrogens with zero attached hydrogens (tertiary/aromatic N) is 1. The number of carbonyl (C=O) groups is 3. The third kappa shape index (κ3) is 5.07. The molecule has 0 radical (unpaired) electrons.